The summed E-state index contributed by atoms with van der Waals surface area (Å²) in [5, 5.41) is 40.8. The van der Waals surface area contributed by atoms with Crippen LogP contribution in [0.15, 0.2) is 18.2 Å². The van der Waals surface area contributed by atoms with Gasteiger partial charge >= 0.3 is 11.9 Å². The number of rotatable bonds is 8. The molecule has 2 amide bonds. The molecular formula is C15H18N2O8. The summed E-state index contributed by atoms with van der Waals surface area (Å²) in [6.07, 6.45) is -0.938. The Morgan fingerprint density at radius 1 is 1.00 bits per heavy atom. The fourth-order valence-corrected chi connectivity index (χ4v) is 2.03. The second-order valence-corrected chi connectivity index (χ2v) is 5.28. The molecule has 2 atom stereocenters. The van der Waals surface area contributed by atoms with Gasteiger partial charge in [-0.1, -0.05) is 6.07 Å². The van der Waals surface area contributed by atoms with Crippen molar-refractivity contribution >= 4 is 23.8 Å². The van der Waals surface area contributed by atoms with Crippen LogP contribution in [-0.2, 0) is 25.6 Å². The molecule has 0 aliphatic heterocycles. The van der Waals surface area contributed by atoms with Gasteiger partial charge in [0.05, 0.1) is 6.42 Å². The molecule has 0 unspecified atom stereocenters. The molecule has 0 fully saturated rings. The molecule has 0 spiro atoms. The highest BCUT2D eigenvalue weighted by Gasteiger charge is 2.28. The van der Waals surface area contributed by atoms with Crippen molar-refractivity contribution in [1.29, 1.82) is 0 Å². The van der Waals surface area contributed by atoms with E-state index in [-0.39, 0.29) is 12.2 Å². The number of carbonyl (C=O) groups is 4. The normalized spacial score (nSPS) is 12.7. The van der Waals surface area contributed by atoms with Crippen molar-refractivity contribution in [2.45, 2.75) is 31.8 Å². The van der Waals surface area contributed by atoms with Crippen molar-refractivity contribution in [3.8, 4) is 11.5 Å². The molecule has 136 valence electrons. The van der Waals surface area contributed by atoms with Gasteiger partial charge in [0.25, 0.3) is 0 Å². The Hall–Kier alpha value is -3.30. The van der Waals surface area contributed by atoms with Crippen LogP contribution in [0.2, 0.25) is 0 Å². The molecule has 0 heterocycles. The summed E-state index contributed by atoms with van der Waals surface area (Å²) in [5.74, 6) is -5.18. The highest BCUT2D eigenvalue weighted by molar-refractivity contribution is 5.91. The van der Waals surface area contributed by atoms with Crippen LogP contribution in [-0.4, -0.2) is 56.3 Å². The van der Waals surface area contributed by atoms with Crippen molar-refractivity contribution in [3.05, 3.63) is 23.8 Å². The van der Waals surface area contributed by atoms with E-state index in [1.54, 1.807) is 0 Å². The Kier molecular flexibility index (Phi) is 6.73. The van der Waals surface area contributed by atoms with Crippen molar-refractivity contribution in [2.75, 3.05) is 0 Å². The predicted molar refractivity (Wildman–Crippen MR) is 82.9 cm³/mol. The van der Waals surface area contributed by atoms with E-state index < -0.39 is 48.0 Å². The summed E-state index contributed by atoms with van der Waals surface area (Å²) in [5.41, 5.74) is 0.384. The van der Waals surface area contributed by atoms with E-state index in [0.717, 1.165) is 6.92 Å². The van der Waals surface area contributed by atoms with E-state index in [4.69, 9.17) is 10.2 Å². The lowest BCUT2D eigenvalue weighted by atomic mass is 10.0. The number of hydrogen-bond acceptors (Lipinski definition) is 6. The molecular weight excluding hydrogens is 336 g/mol. The molecule has 1 aromatic carbocycles. The van der Waals surface area contributed by atoms with Gasteiger partial charge in [0, 0.05) is 13.3 Å². The Labute approximate surface area is 142 Å². The summed E-state index contributed by atoms with van der Waals surface area (Å²) < 4.78 is 0. The second kappa shape index (κ2) is 8.52. The van der Waals surface area contributed by atoms with Crippen molar-refractivity contribution < 1.29 is 39.6 Å². The number of aromatic hydroxyl groups is 2. The number of phenols is 2. The predicted octanol–water partition coefficient (Wildman–Crippen LogP) is -0.811. The van der Waals surface area contributed by atoms with Crippen LogP contribution in [0.3, 0.4) is 0 Å². The number of aliphatic carboxylic acids is 2. The Balaban J connectivity index is 2.94. The van der Waals surface area contributed by atoms with Crippen LogP contribution < -0.4 is 10.6 Å². The minimum Gasteiger partial charge on any atom is -0.504 e. The van der Waals surface area contributed by atoms with Crippen LogP contribution in [0.25, 0.3) is 0 Å². The molecule has 0 saturated carbocycles. The third kappa shape index (κ3) is 6.37. The zero-order valence-electron chi connectivity index (χ0n) is 13.2. The average molecular weight is 354 g/mol. The molecule has 0 aliphatic rings. The molecule has 0 bridgehead atoms. The molecule has 0 aliphatic carbocycles. The van der Waals surface area contributed by atoms with E-state index in [2.05, 4.69) is 10.6 Å². The van der Waals surface area contributed by atoms with E-state index in [9.17, 15) is 29.4 Å². The highest BCUT2D eigenvalue weighted by Crippen LogP contribution is 2.25. The molecule has 0 saturated heterocycles. The minimum atomic E-state index is -1.66. The van der Waals surface area contributed by atoms with Gasteiger partial charge in [-0.05, 0) is 17.7 Å². The number of hydrogen-bond donors (Lipinski definition) is 6. The smallest absolute Gasteiger partial charge is 0.326 e. The number of carboxylic acid groups (broad SMARTS) is 2. The van der Waals surface area contributed by atoms with Gasteiger partial charge < -0.3 is 31.1 Å². The third-order valence-corrected chi connectivity index (χ3v) is 3.17. The Morgan fingerprint density at radius 2 is 1.64 bits per heavy atom. The summed E-state index contributed by atoms with van der Waals surface area (Å²) >= 11 is 0. The van der Waals surface area contributed by atoms with Crippen molar-refractivity contribution in [3.63, 3.8) is 0 Å². The summed E-state index contributed by atoms with van der Waals surface area (Å²) in [6, 6.07) is 0.927. The van der Waals surface area contributed by atoms with Gasteiger partial charge in [0.15, 0.2) is 11.5 Å². The Morgan fingerprint density at radius 3 is 2.12 bits per heavy atom. The van der Waals surface area contributed by atoms with E-state index >= 15 is 0 Å². The standard InChI is InChI=1S/C15H18N2O8/c1-7(18)16-9(4-8-2-3-11(19)12(20)5-8)14(23)17-10(15(24)25)6-13(21)22/h2-3,5,9-10,19-20H,4,6H2,1H3,(H,16,18)(H,17,23)(H,21,22)(H,24,25)/t9-,10+/m0/s1. The third-order valence-electron chi connectivity index (χ3n) is 3.17. The van der Waals surface area contributed by atoms with Crippen molar-refractivity contribution in [2.24, 2.45) is 0 Å². The van der Waals surface area contributed by atoms with Gasteiger partial charge in [-0.15, -0.1) is 0 Å². The maximum absolute atomic E-state index is 12.2. The van der Waals surface area contributed by atoms with Gasteiger partial charge in [-0.3, -0.25) is 14.4 Å². The minimum absolute atomic E-state index is 0.112. The largest absolute Gasteiger partial charge is 0.504 e. The SMILES string of the molecule is CC(=O)N[C@@H](Cc1ccc(O)c(O)c1)C(=O)N[C@H](CC(=O)O)C(=O)O. The lowest BCUT2D eigenvalue weighted by Crippen LogP contribution is -2.52. The van der Waals surface area contributed by atoms with Crippen LogP contribution in [0.4, 0.5) is 0 Å². The number of carboxylic acids is 2. The lowest BCUT2D eigenvalue weighted by molar-refractivity contribution is -0.147. The first-order valence-electron chi connectivity index (χ1n) is 7.13. The van der Waals surface area contributed by atoms with Gasteiger partial charge in [-0.25, -0.2) is 4.79 Å². The zero-order chi connectivity index (χ0) is 19.1. The number of benzene rings is 1. The van der Waals surface area contributed by atoms with Gasteiger partial charge in [-0.2, -0.15) is 0 Å². The number of amides is 2. The monoisotopic (exact) mass is 354 g/mol. The second-order valence-electron chi connectivity index (χ2n) is 5.28. The van der Waals surface area contributed by atoms with Crippen LogP contribution >= 0.6 is 0 Å². The number of phenolic OH excluding ortho intramolecular Hbond substituents is 2. The first kappa shape index (κ1) is 19.7. The zero-order valence-corrected chi connectivity index (χ0v) is 13.2. The van der Waals surface area contributed by atoms with Crippen molar-refractivity contribution in [1.82, 2.24) is 10.6 Å². The average Bonchev–Trinajstić information content (AvgIpc) is 2.48. The highest BCUT2D eigenvalue weighted by atomic mass is 16.4. The lowest BCUT2D eigenvalue weighted by Gasteiger charge is -2.20. The quantitative estimate of drug-likeness (QED) is 0.329. The number of nitrogens with one attached hydrogen (secondary N) is 2. The first-order chi connectivity index (χ1) is 11.6. The molecule has 0 radical (unpaired) electrons. The summed E-state index contributed by atoms with van der Waals surface area (Å²) in [4.78, 5) is 45.2. The Bertz CT molecular complexity index is 688. The number of carbonyl (C=O) groups excluding carboxylic acids is 2. The van der Waals surface area contributed by atoms with Gasteiger partial charge in [0.2, 0.25) is 11.8 Å². The maximum Gasteiger partial charge on any atom is 0.326 e. The fourth-order valence-electron chi connectivity index (χ4n) is 2.03. The van der Waals surface area contributed by atoms with Crippen LogP contribution in [0.5, 0.6) is 11.5 Å². The topological polar surface area (TPSA) is 173 Å². The van der Waals surface area contributed by atoms with E-state index in [1.807, 2.05) is 0 Å². The molecule has 6 N–H and O–H groups in total. The van der Waals surface area contributed by atoms with E-state index in [1.165, 1.54) is 18.2 Å². The maximum atomic E-state index is 12.2. The molecule has 1 aromatic rings. The van der Waals surface area contributed by atoms with Crippen LogP contribution in [0.1, 0.15) is 18.9 Å². The molecule has 0 aromatic heterocycles. The summed E-state index contributed by atoms with van der Waals surface area (Å²) in [6.45, 7) is 1.15. The van der Waals surface area contributed by atoms with Gasteiger partial charge in [0.1, 0.15) is 12.1 Å². The molecule has 10 heteroatoms. The van der Waals surface area contributed by atoms with E-state index in [0.29, 0.717) is 5.56 Å². The summed E-state index contributed by atoms with van der Waals surface area (Å²) in [7, 11) is 0. The molecule has 1 rings (SSSR count). The molecule has 25 heavy (non-hydrogen) atoms. The first-order valence-corrected chi connectivity index (χ1v) is 7.13. The van der Waals surface area contributed by atoms with Crippen LogP contribution in [0, 0.1) is 0 Å². The fraction of sp³-hybridized carbons (Fsp3) is 0.333. The molecule has 10 nitrogen and oxygen atoms in total.